The molecule has 2 aromatic rings. The molecule has 0 bridgehead atoms. The lowest BCUT2D eigenvalue weighted by Crippen LogP contribution is -2.22. The molecule has 2 N–H and O–H groups in total. The third-order valence-electron chi connectivity index (χ3n) is 2.69. The van der Waals surface area contributed by atoms with Crippen molar-refractivity contribution >= 4 is 17.3 Å². The van der Waals surface area contributed by atoms with Crippen molar-refractivity contribution in [2.75, 3.05) is 24.3 Å². The summed E-state index contributed by atoms with van der Waals surface area (Å²) in [6, 6.07) is 13.3. The van der Waals surface area contributed by atoms with Gasteiger partial charge in [-0.15, -0.1) is 0 Å². The molecule has 4 nitrogen and oxygen atoms in total. The van der Waals surface area contributed by atoms with Crippen molar-refractivity contribution < 1.29 is 13.9 Å². The van der Waals surface area contributed by atoms with Crippen molar-refractivity contribution in [2.24, 2.45) is 0 Å². The van der Waals surface area contributed by atoms with Crippen molar-refractivity contribution in [3.05, 3.63) is 54.3 Å². The Bertz CT molecular complexity index is 602. The summed E-state index contributed by atoms with van der Waals surface area (Å²) in [6.07, 6.45) is 0. The van der Waals surface area contributed by atoms with Gasteiger partial charge < -0.3 is 15.4 Å². The van der Waals surface area contributed by atoms with Gasteiger partial charge in [0.25, 0.3) is 0 Å². The van der Waals surface area contributed by atoms with Gasteiger partial charge in [0.15, 0.2) is 0 Å². The number of carbonyl (C=O) groups excluding carboxylic acids is 1. The van der Waals surface area contributed by atoms with E-state index in [1.807, 2.05) is 12.1 Å². The zero-order chi connectivity index (χ0) is 14.4. The molecule has 0 unspecified atom stereocenters. The van der Waals surface area contributed by atoms with Crippen LogP contribution in [0, 0.1) is 5.82 Å². The van der Waals surface area contributed by atoms with Gasteiger partial charge in [-0.1, -0.05) is 24.3 Å². The number of ether oxygens (including phenoxy) is 1. The van der Waals surface area contributed by atoms with Crippen LogP contribution in [-0.4, -0.2) is 19.6 Å². The van der Waals surface area contributed by atoms with E-state index in [-0.39, 0.29) is 18.1 Å². The highest BCUT2D eigenvalue weighted by Gasteiger charge is 2.07. The van der Waals surface area contributed by atoms with E-state index in [0.717, 1.165) is 0 Å². The first-order valence-electron chi connectivity index (χ1n) is 6.12. The van der Waals surface area contributed by atoms with Crippen LogP contribution in [0.2, 0.25) is 0 Å². The molecule has 20 heavy (non-hydrogen) atoms. The molecule has 104 valence electrons. The van der Waals surface area contributed by atoms with Crippen molar-refractivity contribution in [1.29, 1.82) is 0 Å². The Morgan fingerprint density at radius 3 is 2.45 bits per heavy atom. The van der Waals surface area contributed by atoms with Crippen LogP contribution in [0.5, 0.6) is 5.75 Å². The van der Waals surface area contributed by atoms with E-state index in [1.54, 1.807) is 31.4 Å². The number of hydrogen-bond donors (Lipinski definition) is 2. The Morgan fingerprint density at radius 1 is 1.10 bits per heavy atom. The molecule has 0 saturated carbocycles. The Kier molecular flexibility index (Phi) is 4.55. The summed E-state index contributed by atoms with van der Waals surface area (Å²) >= 11 is 0. The molecule has 1 amide bonds. The number of benzene rings is 2. The fourth-order valence-electron chi connectivity index (χ4n) is 1.72. The van der Waals surface area contributed by atoms with Crippen LogP contribution < -0.4 is 15.4 Å². The van der Waals surface area contributed by atoms with Crippen LogP contribution in [0.15, 0.2) is 48.5 Å². The zero-order valence-corrected chi connectivity index (χ0v) is 11.0. The van der Waals surface area contributed by atoms with E-state index < -0.39 is 5.82 Å². The summed E-state index contributed by atoms with van der Waals surface area (Å²) in [5.74, 6) is -0.148. The van der Waals surface area contributed by atoms with Crippen molar-refractivity contribution in [3.8, 4) is 5.75 Å². The maximum Gasteiger partial charge on any atom is 0.243 e. The van der Waals surface area contributed by atoms with Gasteiger partial charge >= 0.3 is 0 Å². The van der Waals surface area contributed by atoms with E-state index in [4.69, 9.17) is 4.74 Å². The Labute approximate surface area is 116 Å². The molecule has 2 aromatic carbocycles. The number of methoxy groups -OCH3 is 1. The van der Waals surface area contributed by atoms with Crippen LogP contribution in [0.25, 0.3) is 0 Å². The van der Waals surface area contributed by atoms with Gasteiger partial charge in [-0.2, -0.15) is 0 Å². The first kappa shape index (κ1) is 13.9. The van der Waals surface area contributed by atoms with E-state index in [2.05, 4.69) is 10.6 Å². The van der Waals surface area contributed by atoms with E-state index in [1.165, 1.54) is 12.1 Å². The quantitative estimate of drug-likeness (QED) is 0.881. The molecule has 0 radical (unpaired) electrons. The molecule has 0 aliphatic heterocycles. The largest absolute Gasteiger partial charge is 0.495 e. The van der Waals surface area contributed by atoms with Crippen LogP contribution in [0.3, 0.4) is 0 Å². The minimum absolute atomic E-state index is 0.0225. The predicted octanol–water partition coefficient (Wildman–Crippen LogP) is 2.88. The highest BCUT2D eigenvalue weighted by Crippen LogP contribution is 2.22. The molecule has 0 atom stereocenters. The minimum atomic E-state index is -0.460. The summed E-state index contributed by atoms with van der Waals surface area (Å²) in [7, 11) is 1.56. The van der Waals surface area contributed by atoms with Crippen LogP contribution in [-0.2, 0) is 4.79 Å². The second-order valence-corrected chi connectivity index (χ2v) is 4.08. The summed E-state index contributed by atoms with van der Waals surface area (Å²) in [6.45, 7) is 0.0225. The average Bonchev–Trinajstić information content (AvgIpc) is 2.48. The second kappa shape index (κ2) is 6.56. The van der Waals surface area contributed by atoms with E-state index >= 15 is 0 Å². The van der Waals surface area contributed by atoms with Gasteiger partial charge in [0.05, 0.1) is 25.0 Å². The van der Waals surface area contributed by atoms with Crippen LogP contribution in [0.1, 0.15) is 0 Å². The maximum absolute atomic E-state index is 13.4. The van der Waals surface area contributed by atoms with E-state index in [0.29, 0.717) is 11.4 Å². The van der Waals surface area contributed by atoms with Gasteiger partial charge in [0, 0.05) is 0 Å². The lowest BCUT2D eigenvalue weighted by atomic mass is 10.3. The number of para-hydroxylation sites is 3. The van der Waals surface area contributed by atoms with Gasteiger partial charge in [0.2, 0.25) is 5.91 Å². The lowest BCUT2D eigenvalue weighted by molar-refractivity contribution is -0.114. The fourth-order valence-corrected chi connectivity index (χ4v) is 1.72. The molecule has 0 aromatic heterocycles. The molecule has 0 spiro atoms. The van der Waals surface area contributed by atoms with Gasteiger partial charge in [-0.05, 0) is 24.3 Å². The highest BCUT2D eigenvalue weighted by atomic mass is 19.1. The monoisotopic (exact) mass is 274 g/mol. The predicted molar refractivity (Wildman–Crippen MR) is 76.5 cm³/mol. The molecule has 0 fully saturated rings. The number of halogens is 1. The standard InChI is InChI=1S/C15H15FN2O2/c1-20-14-9-5-4-8-13(14)17-10-15(19)18-12-7-3-2-6-11(12)16/h2-9,17H,10H2,1H3,(H,18,19). The third kappa shape index (κ3) is 3.47. The molecule has 0 saturated heterocycles. The fraction of sp³-hybridized carbons (Fsp3) is 0.133. The maximum atomic E-state index is 13.4. The molecule has 0 aliphatic rings. The van der Waals surface area contributed by atoms with Crippen LogP contribution >= 0.6 is 0 Å². The molecular weight excluding hydrogens is 259 g/mol. The minimum Gasteiger partial charge on any atom is -0.495 e. The number of hydrogen-bond acceptors (Lipinski definition) is 3. The number of anilines is 2. The summed E-state index contributed by atoms with van der Waals surface area (Å²) in [5, 5.41) is 5.44. The first-order valence-corrected chi connectivity index (χ1v) is 6.12. The molecular formula is C15H15FN2O2. The van der Waals surface area contributed by atoms with Crippen molar-refractivity contribution in [3.63, 3.8) is 0 Å². The second-order valence-electron chi connectivity index (χ2n) is 4.08. The third-order valence-corrected chi connectivity index (χ3v) is 2.69. The number of carbonyl (C=O) groups is 1. The van der Waals surface area contributed by atoms with E-state index in [9.17, 15) is 9.18 Å². The normalized spacial score (nSPS) is 9.90. The summed E-state index contributed by atoms with van der Waals surface area (Å²) in [5.41, 5.74) is 0.873. The Balaban J connectivity index is 1.94. The van der Waals surface area contributed by atoms with Crippen molar-refractivity contribution in [1.82, 2.24) is 0 Å². The number of nitrogens with one attached hydrogen (secondary N) is 2. The number of rotatable bonds is 5. The molecule has 2 rings (SSSR count). The molecule has 0 aliphatic carbocycles. The topological polar surface area (TPSA) is 50.4 Å². The Hall–Kier alpha value is -2.56. The summed E-state index contributed by atoms with van der Waals surface area (Å²) < 4.78 is 18.5. The molecule has 0 heterocycles. The summed E-state index contributed by atoms with van der Waals surface area (Å²) in [4.78, 5) is 11.8. The number of amides is 1. The average molecular weight is 274 g/mol. The first-order chi connectivity index (χ1) is 9.70. The molecule has 5 heteroatoms. The zero-order valence-electron chi connectivity index (χ0n) is 11.0. The van der Waals surface area contributed by atoms with Gasteiger partial charge in [0.1, 0.15) is 11.6 Å². The van der Waals surface area contributed by atoms with Gasteiger partial charge in [-0.25, -0.2) is 4.39 Å². The highest BCUT2D eigenvalue weighted by molar-refractivity contribution is 5.94. The smallest absolute Gasteiger partial charge is 0.243 e. The van der Waals surface area contributed by atoms with Gasteiger partial charge in [-0.3, -0.25) is 4.79 Å². The Morgan fingerprint density at radius 2 is 1.75 bits per heavy atom. The lowest BCUT2D eigenvalue weighted by Gasteiger charge is -2.11. The van der Waals surface area contributed by atoms with Crippen LogP contribution in [0.4, 0.5) is 15.8 Å². The van der Waals surface area contributed by atoms with Crippen molar-refractivity contribution in [2.45, 2.75) is 0 Å². The SMILES string of the molecule is COc1ccccc1NCC(=O)Nc1ccccc1F.